The third-order valence-corrected chi connectivity index (χ3v) is 4.47. The third-order valence-electron chi connectivity index (χ3n) is 4.47. The highest BCUT2D eigenvalue weighted by atomic mass is 127. The van der Waals surface area contributed by atoms with Gasteiger partial charge in [0.1, 0.15) is 17.6 Å². The van der Waals surface area contributed by atoms with Crippen LogP contribution in [0, 0.1) is 0 Å². The Bertz CT molecular complexity index is 698. The molecule has 6 nitrogen and oxygen atoms in total. The number of hydrogen-bond acceptors (Lipinski definition) is 4. The van der Waals surface area contributed by atoms with Crippen LogP contribution in [0.25, 0.3) is 0 Å². The number of para-hydroxylation sites is 1. The molecule has 0 aliphatic carbocycles. The molecule has 1 aliphatic rings. The molecule has 142 valence electrons. The zero-order valence-corrected chi connectivity index (χ0v) is 17.9. The summed E-state index contributed by atoms with van der Waals surface area (Å²) in [6.07, 6.45) is 2.75. The zero-order valence-electron chi connectivity index (χ0n) is 15.5. The van der Waals surface area contributed by atoms with Gasteiger partial charge in [0, 0.05) is 32.0 Å². The monoisotopic (exact) mass is 470 g/mol. The van der Waals surface area contributed by atoms with Gasteiger partial charge in [0.05, 0.1) is 12.2 Å². The molecule has 1 aromatic heterocycles. The van der Waals surface area contributed by atoms with Crippen LogP contribution in [0.1, 0.15) is 36.4 Å². The Labute approximate surface area is 171 Å². The van der Waals surface area contributed by atoms with E-state index in [1.54, 1.807) is 7.05 Å². The zero-order chi connectivity index (χ0) is 17.6. The van der Waals surface area contributed by atoms with Crippen LogP contribution in [0.3, 0.4) is 0 Å². The molecule has 1 aliphatic heterocycles. The lowest BCUT2D eigenvalue weighted by atomic mass is 10.1. The van der Waals surface area contributed by atoms with E-state index >= 15 is 0 Å². The first-order valence-electron chi connectivity index (χ1n) is 8.90. The molecule has 1 unspecified atom stereocenters. The van der Waals surface area contributed by atoms with Crippen LogP contribution in [0.4, 0.5) is 0 Å². The minimum absolute atomic E-state index is 0. The van der Waals surface area contributed by atoms with E-state index in [1.807, 2.05) is 18.2 Å². The van der Waals surface area contributed by atoms with Crippen LogP contribution in [-0.4, -0.2) is 30.8 Å². The molecule has 2 heterocycles. The van der Waals surface area contributed by atoms with Crippen LogP contribution in [-0.2, 0) is 25.8 Å². The van der Waals surface area contributed by atoms with Crippen molar-refractivity contribution in [3.05, 3.63) is 46.8 Å². The number of nitrogens with zero attached hydrogens (tertiary/aromatic N) is 2. The van der Waals surface area contributed by atoms with Gasteiger partial charge in [0.2, 0.25) is 0 Å². The first-order chi connectivity index (χ1) is 12.2. The Morgan fingerprint density at radius 2 is 2.04 bits per heavy atom. The topological polar surface area (TPSA) is 71.7 Å². The maximum Gasteiger partial charge on any atom is 0.191 e. The quantitative estimate of drug-likeness (QED) is 0.386. The number of guanidine groups is 1. The van der Waals surface area contributed by atoms with E-state index < -0.39 is 0 Å². The Balaban J connectivity index is 0.00000243. The van der Waals surface area contributed by atoms with Crippen molar-refractivity contribution in [2.45, 2.75) is 45.8 Å². The fraction of sp³-hybridized carbons (Fsp3) is 0.474. The van der Waals surface area contributed by atoms with E-state index in [-0.39, 0.29) is 30.1 Å². The number of benzene rings is 1. The molecule has 0 saturated heterocycles. The fourth-order valence-electron chi connectivity index (χ4n) is 3.11. The lowest BCUT2D eigenvalue weighted by Gasteiger charge is -2.15. The van der Waals surface area contributed by atoms with Crippen molar-refractivity contribution < 1.29 is 9.26 Å². The van der Waals surface area contributed by atoms with E-state index in [4.69, 9.17) is 9.26 Å². The highest BCUT2D eigenvalue weighted by molar-refractivity contribution is 14.0. The number of nitrogens with one attached hydrogen (secondary N) is 2. The van der Waals surface area contributed by atoms with Crippen LogP contribution in [0.5, 0.6) is 5.75 Å². The minimum atomic E-state index is 0. The van der Waals surface area contributed by atoms with Crippen LogP contribution >= 0.6 is 24.0 Å². The smallest absolute Gasteiger partial charge is 0.191 e. The lowest BCUT2D eigenvalue weighted by Crippen LogP contribution is -2.42. The van der Waals surface area contributed by atoms with Gasteiger partial charge in [-0.15, -0.1) is 24.0 Å². The number of hydrogen-bond donors (Lipinski definition) is 2. The average Bonchev–Trinajstić information content (AvgIpc) is 3.24. The molecule has 0 bridgehead atoms. The summed E-state index contributed by atoms with van der Waals surface area (Å²) < 4.78 is 11.4. The number of halogens is 1. The van der Waals surface area contributed by atoms with Crippen molar-refractivity contribution in [3.63, 3.8) is 0 Å². The SMILES string of the molecule is CCc1noc(CC)c1CNC(=NC)NCC1Cc2ccccc2O1.I. The largest absolute Gasteiger partial charge is 0.488 e. The minimum Gasteiger partial charge on any atom is -0.488 e. The molecule has 2 aromatic rings. The number of aromatic nitrogens is 1. The van der Waals surface area contributed by atoms with E-state index in [9.17, 15) is 0 Å². The molecule has 7 heteroatoms. The maximum absolute atomic E-state index is 5.95. The van der Waals surface area contributed by atoms with Gasteiger partial charge in [-0.2, -0.15) is 0 Å². The predicted molar refractivity (Wildman–Crippen MR) is 113 cm³/mol. The first kappa shape index (κ1) is 20.5. The molecule has 1 atom stereocenters. The van der Waals surface area contributed by atoms with Gasteiger partial charge in [-0.3, -0.25) is 4.99 Å². The van der Waals surface area contributed by atoms with Crippen LogP contribution in [0.2, 0.25) is 0 Å². The van der Waals surface area contributed by atoms with Crippen molar-refractivity contribution in [3.8, 4) is 5.75 Å². The molecule has 2 N–H and O–H groups in total. The van der Waals surface area contributed by atoms with E-state index in [0.29, 0.717) is 13.1 Å². The number of ether oxygens (including phenoxy) is 1. The van der Waals surface area contributed by atoms with Gasteiger partial charge >= 0.3 is 0 Å². The summed E-state index contributed by atoms with van der Waals surface area (Å²) in [4.78, 5) is 4.30. The van der Waals surface area contributed by atoms with E-state index in [1.165, 1.54) is 5.56 Å². The van der Waals surface area contributed by atoms with Gasteiger partial charge < -0.3 is 19.9 Å². The second-order valence-corrected chi connectivity index (χ2v) is 6.10. The van der Waals surface area contributed by atoms with Crippen LogP contribution in [0.15, 0.2) is 33.8 Å². The van der Waals surface area contributed by atoms with Gasteiger partial charge in [0.25, 0.3) is 0 Å². The summed E-state index contributed by atoms with van der Waals surface area (Å²) in [6.45, 7) is 5.52. The molecule has 0 amide bonds. The summed E-state index contributed by atoms with van der Waals surface area (Å²) in [6, 6.07) is 8.19. The first-order valence-corrected chi connectivity index (χ1v) is 8.90. The molecular formula is C19H27IN4O2. The normalized spacial score (nSPS) is 15.8. The van der Waals surface area contributed by atoms with E-state index in [0.717, 1.165) is 48.0 Å². The molecule has 0 radical (unpaired) electrons. The number of aliphatic imine (C=N–C) groups is 1. The molecule has 0 spiro atoms. The summed E-state index contributed by atoms with van der Waals surface area (Å²) >= 11 is 0. The van der Waals surface area contributed by atoms with Gasteiger partial charge in [0.15, 0.2) is 5.96 Å². The lowest BCUT2D eigenvalue weighted by molar-refractivity contribution is 0.235. The predicted octanol–water partition coefficient (Wildman–Crippen LogP) is 3.09. The highest BCUT2D eigenvalue weighted by Gasteiger charge is 2.22. The van der Waals surface area contributed by atoms with Gasteiger partial charge in [-0.1, -0.05) is 37.2 Å². The third kappa shape index (κ3) is 4.69. The molecule has 0 fully saturated rings. The molecule has 1 aromatic carbocycles. The summed E-state index contributed by atoms with van der Waals surface area (Å²) in [5.74, 6) is 2.68. The summed E-state index contributed by atoms with van der Waals surface area (Å²) in [7, 11) is 1.77. The van der Waals surface area contributed by atoms with Crippen LogP contribution < -0.4 is 15.4 Å². The number of aryl methyl sites for hydroxylation is 2. The van der Waals surface area contributed by atoms with Gasteiger partial charge in [-0.25, -0.2) is 0 Å². The Kier molecular flexibility index (Phi) is 7.74. The Morgan fingerprint density at radius 1 is 1.23 bits per heavy atom. The van der Waals surface area contributed by atoms with Crippen molar-refractivity contribution >= 4 is 29.9 Å². The molecule has 3 rings (SSSR count). The Morgan fingerprint density at radius 3 is 2.73 bits per heavy atom. The maximum atomic E-state index is 5.95. The summed E-state index contributed by atoms with van der Waals surface area (Å²) in [5, 5.41) is 10.8. The number of rotatable bonds is 6. The van der Waals surface area contributed by atoms with Gasteiger partial charge in [-0.05, 0) is 18.1 Å². The van der Waals surface area contributed by atoms with Crippen molar-refractivity contribution in [1.29, 1.82) is 0 Å². The second kappa shape index (κ2) is 9.80. The highest BCUT2D eigenvalue weighted by Crippen LogP contribution is 2.27. The summed E-state index contributed by atoms with van der Waals surface area (Å²) in [5.41, 5.74) is 3.41. The standard InChI is InChI=1S/C19H26N4O2.HI/c1-4-16-15(17(5-2)25-23-16)12-22-19(20-3)21-11-14-10-13-8-6-7-9-18(13)24-14;/h6-9,14H,4-5,10-12H2,1-3H3,(H2,20,21,22);1H. The molecule has 26 heavy (non-hydrogen) atoms. The number of fused-ring (bicyclic) bond motifs is 1. The molecule has 0 saturated carbocycles. The Hall–Kier alpha value is -1.77. The van der Waals surface area contributed by atoms with E-state index in [2.05, 4.69) is 40.7 Å². The second-order valence-electron chi connectivity index (χ2n) is 6.10. The van der Waals surface area contributed by atoms with Crippen molar-refractivity contribution in [2.75, 3.05) is 13.6 Å². The molecular weight excluding hydrogens is 443 g/mol. The van der Waals surface area contributed by atoms with Crippen molar-refractivity contribution in [1.82, 2.24) is 15.8 Å². The van der Waals surface area contributed by atoms with Crippen molar-refractivity contribution in [2.24, 2.45) is 4.99 Å². The average molecular weight is 470 g/mol. The fourth-order valence-corrected chi connectivity index (χ4v) is 3.11.